The fraction of sp³-hybridized carbons (Fsp3) is 0.625. The molecule has 1 N–H and O–H groups in total. The Morgan fingerprint density at radius 1 is 1.30 bits per heavy atom. The molecule has 0 saturated carbocycles. The van der Waals surface area contributed by atoms with Gasteiger partial charge in [-0.3, -0.25) is 0 Å². The minimum atomic E-state index is -3.38. The van der Waals surface area contributed by atoms with E-state index in [9.17, 15) is 8.42 Å². The Bertz CT molecular complexity index is 643. The maximum Gasteiger partial charge on any atom is 0.243 e. The smallest absolute Gasteiger partial charge is 0.243 e. The minimum absolute atomic E-state index is 0. The molecule has 0 spiro atoms. The van der Waals surface area contributed by atoms with Crippen LogP contribution in [0, 0.1) is 5.92 Å². The van der Waals surface area contributed by atoms with Gasteiger partial charge in [-0.25, -0.2) is 8.42 Å². The first-order valence-electron chi connectivity index (χ1n) is 7.95. The summed E-state index contributed by atoms with van der Waals surface area (Å²) in [5.74, 6) is 1.39. The average Bonchev–Trinajstić information content (AvgIpc) is 2.87. The monoisotopic (exact) mass is 360 g/mol. The highest BCUT2D eigenvalue weighted by molar-refractivity contribution is 7.89. The van der Waals surface area contributed by atoms with Crippen LogP contribution in [0.3, 0.4) is 0 Å². The number of nitrogens with zero attached hydrogens (tertiary/aromatic N) is 1. The molecule has 2 aliphatic heterocycles. The molecule has 2 heterocycles. The third kappa shape index (κ3) is 3.82. The Morgan fingerprint density at radius 3 is 2.65 bits per heavy atom. The second kappa shape index (κ2) is 7.38. The van der Waals surface area contributed by atoms with Crippen molar-refractivity contribution in [3.63, 3.8) is 0 Å². The first kappa shape index (κ1) is 18.5. The molecule has 1 saturated heterocycles. The zero-order chi connectivity index (χ0) is 15.7. The van der Waals surface area contributed by atoms with Crippen LogP contribution in [0.2, 0.25) is 0 Å². The summed E-state index contributed by atoms with van der Waals surface area (Å²) in [7, 11) is -1.44. The molecule has 0 amide bonds. The molecule has 1 aromatic carbocycles. The van der Waals surface area contributed by atoms with Gasteiger partial charge in [0, 0.05) is 19.5 Å². The molecule has 0 aromatic heterocycles. The van der Waals surface area contributed by atoms with Crippen LogP contribution in [0.1, 0.15) is 25.3 Å². The molecule has 3 rings (SSSR count). The average molecular weight is 361 g/mol. The molecule has 2 aliphatic rings. The summed E-state index contributed by atoms with van der Waals surface area (Å²) in [4.78, 5) is 0.399. The van der Waals surface area contributed by atoms with E-state index in [0.717, 1.165) is 37.1 Å². The Labute approximate surface area is 144 Å². The van der Waals surface area contributed by atoms with E-state index in [1.165, 1.54) is 0 Å². The number of hydrogen-bond acceptors (Lipinski definition) is 4. The van der Waals surface area contributed by atoms with E-state index in [2.05, 4.69) is 5.32 Å². The van der Waals surface area contributed by atoms with Crippen molar-refractivity contribution in [3.8, 4) is 5.75 Å². The van der Waals surface area contributed by atoms with E-state index >= 15 is 0 Å². The highest BCUT2D eigenvalue weighted by atomic mass is 35.5. The zero-order valence-electron chi connectivity index (χ0n) is 13.6. The fourth-order valence-corrected chi connectivity index (χ4v) is 4.87. The lowest BCUT2D eigenvalue weighted by Gasteiger charge is -2.31. The van der Waals surface area contributed by atoms with Gasteiger partial charge in [-0.1, -0.05) is 0 Å². The normalized spacial score (nSPS) is 22.3. The van der Waals surface area contributed by atoms with E-state index in [0.29, 0.717) is 23.9 Å². The lowest BCUT2D eigenvalue weighted by atomic mass is 9.98. The quantitative estimate of drug-likeness (QED) is 0.892. The van der Waals surface area contributed by atoms with Crippen LogP contribution in [0.25, 0.3) is 0 Å². The van der Waals surface area contributed by atoms with Gasteiger partial charge in [0.15, 0.2) is 0 Å². The molecule has 130 valence electrons. The minimum Gasteiger partial charge on any atom is -0.490 e. The van der Waals surface area contributed by atoms with Crippen LogP contribution >= 0.6 is 12.4 Å². The second-order valence-corrected chi connectivity index (χ2v) is 8.25. The highest BCUT2D eigenvalue weighted by Gasteiger charge is 2.30. The number of nitrogens with one attached hydrogen (secondary N) is 1. The molecule has 5 nitrogen and oxygen atoms in total. The van der Waals surface area contributed by atoms with Gasteiger partial charge in [0.2, 0.25) is 10.0 Å². The van der Waals surface area contributed by atoms with Gasteiger partial charge in [0.1, 0.15) is 11.9 Å². The van der Waals surface area contributed by atoms with Crippen molar-refractivity contribution in [3.05, 3.63) is 23.8 Å². The predicted molar refractivity (Wildman–Crippen MR) is 92.9 cm³/mol. The predicted octanol–water partition coefficient (Wildman–Crippen LogP) is 2.05. The summed E-state index contributed by atoms with van der Waals surface area (Å²) >= 11 is 0. The molecule has 23 heavy (non-hydrogen) atoms. The van der Waals surface area contributed by atoms with Gasteiger partial charge >= 0.3 is 0 Å². The van der Waals surface area contributed by atoms with Crippen molar-refractivity contribution in [1.82, 2.24) is 9.62 Å². The Balaban J connectivity index is 0.00000192. The van der Waals surface area contributed by atoms with Gasteiger partial charge in [0.25, 0.3) is 0 Å². The number of ether oxygens (including phenoxy) is 1. The van der Waals surface area contributed by atoms with Crippen molar-refractivity contribution in [2.45, 2.75) is 37.2 Å². The maximum absolute atomic E-state index is 12.8. The molecule has 0 bridgehead atoms. The van der Waals surface area contributed by atoms with Gasteiger partial charge in [-0.2, -0.15) is 4.31 Å². The maximum atomic E-state index is 12.8. The van der Waals surface area contributed by atoms with Gasteiger partial charge in [-0.05, 0) is 63.0 Å². The summed E-state index contributed by atoms with van der Waals surface area (Å²) in [6, 6.07) is 5.25. The van der Waals surface area contributed by atoms with Crippen LogP contribution in [-0.2, 0) is 16.4 Å². The van der Waals surface area contributed by atoms with Crippen LogP contribution in [0.15, 0.2) is 23.1 Å². The van der Waals surface area contributed by atoms with Crippen LogP contribution in [-0.4, -0.2) is 45.5 Å². The fourth-order valence-electron chi connectivity index (χ4n) is 3.35. The Morgan fingerprint density at radius 2 is 2.00 bits per heavy atom. The number of benzene rings is 1. The Hall–Kier alpha value is -0.820. The van der Waals surface area contributed by atoms with Crippen LogP contribution < -0.4 is 10.1 Å². The standard InChI is InChI=1S/C16H24N2O3S.ClH/c1-12-9-14-10-15(3-4-16(14)21-12)22(19,20)18-7-5-13(6-8-18)11-17-2;/h3-4,10,12-13,17H,5-9,11H2,1-2H3;1H. The largest absolute Gasteiger partial charge is 0.490 e. The number of fused-ring (bicyclic) bond motifs is 1. The lowest BCUT2D eigenvalue weighted by Crippen LogP contribution is -2.40. The summed E-state index contributed by atoms with van der Waals surface area (Å²) in [6.07, 6.45) is 2.75. The second-order valence-electron chi connectivity index (χ2n) is 6.31. The number of sulfonamides is 1. The van der Waals surface area contributed by atoms with E-state index in [1.807, 2.05) is 14.0 Å². The molecule has 0 radical (unpaired) electrons. The summed E-state index contributed by atoms with van der Waals surface area (Å²) in [5, 5.41) is 3.17. The van der Waals surface area contributed by atoms with Crippen molar-refractivity contribution in [2.75, 3.05) is 26.7 Å². The molecule has 1 aromatic rings. The third-order valence-corrected chi connectivity index (χ3v) is 6.47. The summed E-state index contributed by atoms with van der Waals surface area (Å²) in [6.45, 7) is 4.18. The van der Waals surface area contributed by atoms with Crippen LogP contribution in [0.4, 0.5) is 0 Å². The first-order chi connectivity index (χ1) is 10.5. The van der Waals surface area contributed by atoms with Crippen molar-refractivity contribution < 1.29 is 13.2 Å². The summed E-state index contributed by atoms with van der Waals surface area (Å²) < 4.78 is 32.9. The van der Waals surface area contributed by atoms with Gasteiger partial charge in [-0.15, -0.1) is 12.4 Å². The van der Waals surface area contributed by atoms with E-state index in [-0.39, 0.29) is 18.5 Å². The lowest BCUT2D eigenvalue weighted by molar-refractivity contribution is 0.254. The highest BCUT2D eigenvalue weighted by Crippen LogP contribution is 2.32. The summed E-state index contributed by atoms with van der Waals surface area (Å²) in [5.41, 5.74) is 0.999. The molecule has 1 fully saturated rings. The number of piperidine rings is 1. The van der Waals surface area contributed by atoms with E-state index < -0.39 is 10.0 Å². The molecule has 1 atom stereocenters. The first-order valence-corrected chi connectivity index (χ1v) is 9.39. The molecule has 1 unspecified atom stereocenters. The van der Waals surface area contributed by atoms with Crippen molar-refractivity contribution >= 4 is 22.4 Å². The third-order valence-electron chi connectivity index (χ3n) is 4.57. The number of rotatable bonds is 4. The zero-order valence-corrected chi connectivity index (χ0v) is 15.3. The van der Waals surface area contributed by atoms with Crippen molar-refractivity contribution in [1.29, 1.82) is 0 Å². The molecular weight excluding hydrogens is 336 g/mol. The molecular formula is C16H25ClN2O3S. The molecule has 7 heteroatoms. The van der Waals surface area contributed by atoms with Crippen molar-refractivity contribution in [2.24, 2.45) is 5.92 Å². The topological polar surface area (TPSA) is 58.6 Å². The molecule has 0 aliphatic carbocycles. The Kier molecular flexibility index (Phi) is 5.94. The number of halogens is 1. The van der Waals surface area contributed by atoms with E-state index in [4.69, 9.17) is 4.74 Å². The van der Waals surface area contributed by atoms with Gasteiger partial charge < -0.3 is 10.1 Å². The van der Waals surface area contributed by atoms with Crippen LogP contribution in [0.5, 0.6) is 5.75 Å². The SMILES string of the molecule is CNCC1CCN(S(=O)(=O)c2ccc3c(c2)CC(C)O3)CC1.Cl. The van der Waals surface area contributed by atoms with Gasteiger partial charge in [0.05, 0.1) is 4.90 Å². The number of hydrogen-bond donors (Lipinski definition) is 1. The van der Waals surface area contributed by atoms with E-state index in [1.54, 1.807) is 22.5 Å².